The Morgan fingerprint density at radius 2 is 2.11 bits per heavy atom. The van der Waals surface area contributed by atoms with Crippen molar-refractivity contribution in [2.24, 2.45) is 0 Å². The molecule has 0 aliphatic rings. The molecular formula is C13H18N4O. The van der Waals surface area contributed by atoms with Crippen LogP contribution in [0.15, 0.2) is 18.6 Å². The molecule has 0 saturated carbocycles. The first-order chi connectivity index (χ1) is 8.61. The minimum atomic E-state index is -0.639. The zero-order valence-corrected chi connectivity index (χ0v) is 11.0. The zero-order chi connectivity index (χ0) is 13.1. The summed E-state index contributed by atoms with van der Waals surface area (Å²) in [5, 5.41) is 14.3. The second kappa shape index (κ2) is 5.27. The Bertz CT molecular complexity index is 536. The van der Waals surface area contributed by atoms with Crippen molar-refractivity contribution >= 4 is 0 Å². The van der Waals surface area contributed by atoms with Crippen molar-refractivity contribution in [2.75, 3.05) is 0 Å². The van der Waals surface area contributed by atoms with Crippen LogP contribution in [-0.2, 0) is 13.0 Å². The molecule has 0 aliphatic carbocycles. The van der Waals surface area contributed by atoms with Crippen LogP contribution in [0, 0.1) is 13.8 Å². The highest BCUT2D eigenvalue weighted by Gasteiger charge is 2.16. The minimum absolute atomic E-state index is 0.435. The number of rotatable bonds is 4. The van der Waals surface area contributed by atoms with Gasteiger partial charge in [0.05, 0.1) is 5.69 Å². The van der Waals surface area contributed by atoms with Gasteiger partial charge >= 0.3 is 0 Å². The van der Waals surface area contributed by atoms with Crippen LogP contribution in [-0.4, -0.2) is 24.9 Å². The highest BCUT2D eigenvalue weighted by atomic mass is 16.3. The first-order valence-electron chi connectivity index (χ1n) is 6.09. The Hall–Kier alpha value is -1.75. The summed E-state index contributed by atoms with van der Waals surface area (Å²) < 4.78 is 1.78. The molecule has 2 heterocycles. The first kappa shape index (κ1) is 12.7. The van der Waals surface area contributed by atoms with Crippen LogP contribution in [0.4, 0.5) is 0 Å². The highest BCUT2D eigenvalue weighted by Crippen LogP contribution is 2.19. The maximum atomic E-state index is 10.2. The van der Waals surface area contributed by atoms with Crippen LogP contribution in [0.1, 0.15) is 35.7 Å². The van der Waals surface area contributed by atoms with E-state index in [9.17, 15) is 5.11 Å². The first-order valence-corrected chi connectivity index (χ1v) is 6.09. The molecule has 0 bridgehead atoms. The average Bonchev–Trinajstić information content (AvgIpc) is 2.76. The molecule has 5 nitrogen and oxygen atoms in total. The molecule has 5 heteroatoms. The van der Waals surface area contributed by atoms with E-state index in [1.807, 2.05) is 26.8 Å². The number of aliphatic hydroxyl groups excluding tert-OH is 1. The summed E-state index contributed by atoms with van der Waals surface area (Å²) in [7, 11) is 0. The van der Waals surface area contributed by atoms with Gasteiger partial charge in [0.1, 0.15) is 18.3 Å². The lowest BCUT2D eigenvalue weighted by Gasteiger charge is -2.13. The predicted octanol–water partition coefficient (Wildman–Crippen LogP) is 1.59. The molecule has 18 heavy (non-hydrogen) atoms. The van der Waals surface area contributed by atoms with E-state index in [0.717, 1.165) is 23.5 Å². The van der Waals surface area contributed by atoms with Crippen LogP contribution < -0.4 is 0 Å². The molecule has 96 valence electrons. The monoisotopic (exact) mass is 246 g/mol. The van der Waals surface area contributed by atoms with Crippen molar-refractivity contribution in [2.45, 2.75) is 39.8 Å². The molecule has 0 saturated heterocycles. The summed E-state index contributed by atoms with van der Waals surface area (Å²) in [6.07, 6.45) is 3.09. The Morgan fingerprint density at radius 1 is 1.33 bits per heavy atom. The summed E-state index contributed by atoms with van der Waals surface area (Å²) in [5.41, 5.74) is 2.82. The van der Waals surface area contributed by atoms with E-state index in [1.54, 1.807) is 10.9 Å². The molecule has 0 aliphatic heterocycles. The Balaban J connectivity index is 2.19. The second-order valence-electron chi connectivity index (χ2n) is 4.43. The smallest absolute Gasteiger partial charge is 0.138 e. The zero-order valence-electron chi connectivity index (χ0n) is 11.0. The third-order valence-corrected chi connectivity index (χ3v) is 2.94. The molecule has 2 aromatic heterocycles. The van der Waals surface area contributed by atoms with Gasteiger partial charge in [-0.25, -0.2) is 4.98 Å². The number of aliphatic hydroxyl groups is 1. The van der Waals surface area contributed by atoms with E-state index in [1.165, 1.54) is 6.33 Å². The van der Waals surface area contributed by atoms with Gasteiger partial charge in [-0.2, -0.15) is 5.10 Å². The van der Waals surface area contributed by atoms with Crippen molar-refractivity contribution < 1.29 is 5.11 Å². The standard InChI is InChI=1S/C13H18N4O/c1-4-17-12(15-8-16-17)6-11(18)13-10(3)5-9(2)7-14-13/h5,7-8,11,18H,4,6H2,1-3H3. The normalized spacial score (nSPS) is 12.7. The number of pyridine rings is 1. The number of aromatic nitrogens is 4. The third-order valence-electron chi connectivity index (χ3n) is 2.94. The Morgan fingerprint density at radius 3 is 2.78 bits per heavy atom. The van der Waals surface area contributed by atoms with Gasteiger partial charge < -0.3 is 5.11 Å². The third kappa shape index (κ3) is 2.56. The van der Waals surface area contributed by atoms with E-state index < -0.39 is 6.10 Å². The van der Waals surface area contributed by atoms with Gasteiger partial charge in [-0.1, -0.05) is 6.07 Å². The molecule has 0 spiro atoms. The molecule has 1 unspecified atom stereocenters. The number of nitrogens with zero attached hydrogens (tertiary/aromatic N) is 4. The van der Waals surface area contributed by atoms with Gasteiger partial charge in [-0.15, -0.1) is 0 Å². The second-order valence-corrected chi connectivity index (χ2v) is 4.43. The van der Waals surface area contributed by atoms with Crippen molar-refractivity contribution in [1.29, 1.82) is 0 Å². The van der Waals surface area contributed by atoms with Gasteiger partial charge in [0.2, 0.25) is 0 Å². The van der Waals surface area contributed by atoms with Crippen molar-refractivity contribution in [3.63, 3.8) is 0 Å². The molecule has 2 rings (SSSR count). The lowest BCUT2D eigenvalue weighted by atomic mass is 10.1. The molecule has 0 amide bonds. The Labute approximate surface area is 107 Å². The summed E-state index contributed by atoms with van der Waals surface area (Å²) >= 11 is 0. The van der Waals surface area contributed by atoms with Crippen molar-refractivity contribution in [1.82, 2.24) is 19.7 Å². The summed E-state index contributed by atoms with van der Waals surface area (Å²) in [6.45, 7) is 6.70. The van der Waals surface area contributed by atoms with Crippen LogP contribution in [0.3, 0.4) is 0 Å². The summed E-state index contributed by atoms with van der Waals surface area (Å²) in [4.78, 5) is 8.47. The summed E-state index contributed by atoms with van der Waals surface area (Å²) in [5.74, 6) is 0.784. The van der Waals surface area contributed by atoms with E-state index in [4.69, 9.17) is 0 Å². The van der Waals surface area contributed by atoms with E-state index in [-0.39, 0.29) is 0 Å². The lowest BCUT2D eigenvalue weighted by Crippen LogP contribution is -2.11. The number of hydrogen-bond acceptors (Lipinski definition) is 4. The largest absolute Gasteiger partial charge is 0.386 e. The molecule has 0 fully saturated rings. The molecule has 2 aromatic rings. The van der Waals surface area contributed by atoms with Crippen LogP contribution in [0.2, 0.25) is 0 Å². The maximum Gasteiger partial charge on any atom is 0.138 e. The molecule has 0 radical (unpaired) electrons. The maximum absolute atomic E-state index is 10.2. The fraction of sp³-hybridized carbons (Fsp3) is 0.462. The van der Waals surface area contributed by atoms with E-state index in [2.05, 4.69) is 15.1 Å². The number of hydrogen-bond donors (Lipinski definition) is 1. The van der Waals surface area contributed by atoms with Gasteiger partial charge in [-0.05, 0) is 31.9 Å². The number of aryl methyl sites for hydroxylation is 3. The van der Waals surface area contributed by atoms with Crippen molar-refractivity contribution in [3.8, 4) is 0 Å². The molecule has 0 aromatic carbocycles. The topological polar surface area (TPSA) is 63.8 Å². The van der Waals surface area contributed by atoms with Gasteiger partial charge in [0.15, 0.2) is 0 Å². The van der Waals surface area contributed by atoms with E-state index >= 15 is 0 Å². The van der Waals surface area contributed by atoms with Crippen molar-refractivity contribution in [3.05, 3.63) is 41.2 Å². The molecule has 1 N–H and O–H groups in total. The fourth-order valence-corrected chi connectivity index (χ4v) is 2.05. The predicted molar refractivity (Wildman–Crippen MR) is 68.1 cm³/mol. The lowest BCUT2D eigenvalue weighted by molar-refractivity contribution is 0.168. The van der Waals surface area contributed by atoms with Gasteiger partial charge in [0.25, 0.3) is 0 Å². The fourth-order valence-electron chi connectivity index (χ4n) is 2.05. The van der Waals surface area contributed by atoms with Crippen LogP contribution in [0.25, 0.3) is 0 Å². The van der Waals surface area contributed by atoms with Gasteiger partial charge in [-0.3, -0.25) is 9.67 Å². The van der Waals surface area contributed by atoms with E-state index in [0.29, 0.717) is 12.1 Å². The molecular weight excluding hydrogens is 228 g/mol. The summed E-state index contributed by atoms with van der Waals surface area (Å²) in [6, 6.07) is 2.02. The van der Waals surface area contributed by atoms with Gasteiger partial charge in [0, 0.05) is 19.2 Å². The Kier molecular flexibility index (Phi) is 3.72. The SMILES string of the molecule is CCn1ncnc1CC(O)c1ncc(C)cc1C. The minimum Gasteiger partial charge on any atom is -0.386 e. The quantitative estimate of drug-likeness (QED) is 0.889. The highest BCUT2D eigenvalue weighted by molar-refractivity contribution is 5.25. The average molecular weight is 246 g/mol. The molecule has 1 atom stereocenters. The van der Waals surface area contributed by atoms with Crippen LogP contribution in [0.5, 0.6) is 0 Å². The van der Waals surface area contributed by atoms with Crippen LogP contribution >= 0.6 is 0 Å².